The molecule has 1 amide bonds. The molecule has 0 spiro atoms. The third-order valence-corrected chi connectivity index (χ3v) is 5.29. The smallest absolute Gasteiger partial charge is 0.255 e. The molecule has 0 atom stereocenters. The first-order valence-electron chi connectivity index (χ1n) is 8.05. The average molecular weight is 399 g/mol. The zero-order valence-corrected chi connectivity index (χ0v) is 16.0. The predicted molar refractivity (Wildman–Crippen MR) is 100 cm³/mol. The van der Waals surface area contributed by atoms with Crippen LogP contribution < -0.4 is 10.0 Å². The third-order valence-electron chi connectivity index (χ3n) is 3.60. The lowest BCUT2D eigenvalue weighted by molar-refractivity contribution is 0.102. The molecule has 2 N–H and O–H groups in total. The van der Waals surface area contributed by atoms with Crippen LogP contribution >= 0.6 is 11.6 Å². The number of nitrogens with one attached hydrogen (secondary N) is 2. The van der Waals surface area contributed by atoms with E-state index in [0.29, 0.717) is 17.4 Å². The maximum absolute atomic E-state index is 14.3. The largest absolute Gasteiger partial charge is 0.319 e. The van der Waals surface area contributed by atoms with Crippen molar-refractivity contribution >= 4 is 33.2 Å². The van der Waals surface area contributed by atoms with Crippen LogP contribution in [0.1, 0.15) is 30.6 Å². The van der Waals surface area contributed by atoms with Gasteiger partial charge in [-0.2, -0.15) is 0 Å². The number of hydrogen-bond donors (Lipinski definition) is 2. The van der Waals surface area contributed by atoms with E-state index in [-0.39, 0.29) is 22.7 Å². The number of carbonyl (C=O) groups is 1. The summed E-state index contributed by atoms with van der Waals surface area (Å²) in [6, 6.07) is 9.55. The van der Waals surface area contributed by atoms with Crippen molar-refractivity contribution in [3.05, 3.63) is 58.9 Å². The molecule has 0 fully saturated rings. The minimum atomic E-state index is -3.80. The van der Waals surface area contributed by atoms with Crippen molar-refractivity contribution in [3.8, 4) is 0 Å². The second kappa shape index (κ2) is 8.62. The summed E-state index contributed by atoms with van der Waals surface area (Å²) in [6.45, 7) is 4.23. The molecule has 2 aromatic rings. The van der Waals surface area contributed by atoms with Gasteiger partial charge in [-0.3, -0.25) is 4.79 Å². The van der Waals surface area contributed by atoms with Gasteiger partial charge in [-0.1, -0.05) is 31.5 Å². The highest BCUT2D eigenvalue weighted by molar-refractivity contribution is 7.89. The topological polar surface area (TPSA) is 75.3 Å². The maximum atomic E-state index is 14.3. The standard InChI is InChI=1S/C18H20ClFN2O3S/c1-12(2)8-9-21-26(24,25)15-6-7-17(16(20)11-15)22-18(23)13-4-3-5-14(19)10-13/h3-7,10-12,21H,8-9H2,1-2H3,(H,22,23). The van der Waals surface area contributed by atoms with Gasteiger partial charge in [0, 0.05) is 17.1 Å². The summed E-state index contributed by atoms with van der Waals surface area (Å²) < 4.78 is 41.0. The molecule has 0 aliphatic heterocycles. The first-order chi connectivity index (χ1) is 12.2. The number of carbonyl (C=O) groups excluding carboxylic acids is 1. The molecule has 0 radical (unpaired) electrons. The Morgan fingerprint density at radius 2 is 1.92 bits per heavy atom. The summed E-state index contributed by atoms with van der Waals surface area (Å²) in [4.78, 5) is 11.9. The molecule has 0 heterocycles. The van der Waals surface area contributed by atoms with E-state index in [1.165, 1.54) is 24.3 Å². The van der Waals surface area contributed by atoms with Crippen molar-refractivity contribution in [1.82, 2.24) is 4.72 Å². The molecule has 2 aromatic carbocycles. The van der Waals surface area contributed by atoms with Crippen LogP contribution in [0.5, 0.6) is 0 Å². The van der Waals surface area contributed by atoms with Gasteiger partial charge in [-0.05, 0) is 48.7 Å². The molecule has 0 aromatic heterocycles. The van der Waals surface area contributed by atoms with Gasteiger partial charge in [-0.25, -0.2) is 17.5 Å². The summed E-state index contributed by atoms with van der Waals surface area (Å²) in [7, 11) is -3.80. The van der Waals surface area contributed by atoms with Crippen molar-refractivity contribution < 1.29 is 17.6 Å². The average Bonchev–Trinajstić information content (AvgIpc) is 2.56. The minimum absolute atomic E-state index is 0.115. The van der Waals surface area contributed by atoms with Crippen LogP contribution in [0.3, 0.4) is 0 Å². The zero-order valence-electron chi connectivity index (χ0n) is 14.4. The molecule has 8 heteroatoms. The fourth-order valence-corrected chi connectivity index (χ4v) is 3.40. The Balaban J connectivity index is 2.13. The molecule has 0 aliphatic carbocycles. The molecule has 0 bridgehead atoms. The van der Waals surface area contributed by atoms with E-state index in [1.54, 1.807) is 12.1 Å². The van der Waals surface area contributed by atoms with E-state index in [2.05, 4.69) is 10.0 Å². The van der Waals surface area contributed by atoms with Gasteiger partial charge in [0.05, 0.1) is 10.6 Å². The number of sulfonamides is 1. The lowest BCUT2D eigenvalue weighted by atomic mass is 10.1. The van der Waals surface area contributed by atoms with Gasteiger partial charge < -0.3 is 5.32 Å². The number of halogens is 2. The normalized spacial score (nSPS) is 11.6. The number of benzene rings is 2. The Morgan fingerprint density at radius 3 is 2.54 bits per heavy atom. The lowest BCUT2D eigenvalue weighted by Crippen LogP contribution is -2.25. The van der Waals surface area contributed by atoms with Crippen LogP contribution in [0.15, 0.2) is 47.4 Å². The minimum Gasteiger partial charge on any atom is -0.319 e. The van der Waals surface area contributed by atoms with Crippen LogP contribution in [0.25, 0.3) is 0 Å². The fraction of sp³-hybridized carbons (Fsp3) is 0.278. The van der Waals surface area contributed by atoms with Gasteiger partial charge >= 0.3 is 0 Å². The van der Waals surface area contributed by atoms with E-state index in [0.717, 1.165) is 6.07 Å². The number of amides is 1. The predicted octanol–water partition coefficient (Wildman–Crippen LogP) is 4.06. The van der Waals surface area contributed by atoms with Gasteiger partial charge in [0.15, 0.2) is 0 Å². The Bertz CT molecular complexity index is 901. The van der Waals surface area contributed by atoms with E-state index in [4.69, 9.17) is 11.6 Å². The van der Waals surface area contributed by atoms with Crippen LogP contribution in [0, 0.1) is 11.7 Å². The summed E-state index contributed by atoms with van der Waals surface area (Å²) in [5.41, 5.74) is 0.153. The molecule has 140 valence electrons. The summed E-state index contributed by atoms with van der Waals surface area (Å²) >= 11 is 5.83. The Morgan fingerprint density at radius 1 is 1.19 bits per heavy atom. The monoisotopic (exact) mass is 398 g/mol. The number of rotatable bonds is 7. The van der Waals surface area contributed by atoms with Crippen molar-refractivity contribution in [2.75, 3.05) is 11.9 Å². The second-order valence-corrected chi connectivity index (χ2v) is 8.39. The fourth-order valence-electron chi connectivity index (χ4n) is 2.15. The summed E-state index contributed by atoms with van der Waals surface area (Å²) in [5.74, 6) is -1.04. The third kappa shape index (κ3) is 5.52. The van der Waals surface area contributed by atoms with E-state index >= 15 is 0 Å². The van der Waals surface area contributed by atoms with E-state index in [9.17, 15) is 17.6 Å². The van der Waals surface area contributed by atoms with Gasteiger partial charge in [0.1, 0.15) is 5.82 Å². The summed E-state index contributed by atoms with van der Waals surface area (Å²) in [6.07, 6.45) is 0.676. The molecule has 26 heavy (non-hydrogen) atoms. The van der Waals surface area contributed by atoms with Crippen molar-refractivity contribution in [1.29, 1.82) is 0 Å². The Labute approximate surface area is 157 Å². The SMILES string of the molecule is CC(C)CCNS(=O)(=O)c1ccc(NC(=O)c2cccc(Cl)c2)c(F)c1. The van der Waals surface area contributed by atoms with E-state index < -0.39 is 21.7 Å². The number of anilines is 1. The molecule has 0 aliphatic rings. The molecule has 0 unspecified atom stereocenters. The van der Waals surface area contributed by atoms with Crippen LogP contribution in [-0.4, -0.2) is 20.9 Å². The van der Waals surface area contributed by atoms with E-state index in [1.807, 2.05) is 13.8 Å². The van der Waals surface area contributed by atoms with Crippen molar-refractivity contribution in [3.63, 3.8) is 0 Å². The molecule has 0 saturated heterocycles. The molecule has 0 saturated carbocycles. The Kier molecular flexibility index (Phi) is 6.75. The maximum Gasteiger partial charge on any atom is 0.255 e. The van der Waals surface area contributed by atoms with Crippen LogP contribution in [0.4, 0.5) is 10.1 Å². The van der Waals surface area contributed by atoms with Crippen LogP contribution in [0.2, 0.25) is 5.02 Å². The molecular weight excluding hydrogens is 379 g/mol. The first-order valence-corrected chi connectivity index (χ1v) is 9.91. The highest BCUT2D eigenvalue weighted by Crippen LogP contribution is 2.20. The van der Waals surface area contributed by atoms with Gasteiger partial charge in [-0.15, -0.1) is 0 Å². The zero-order chi connectivity index (χ0) is 19.3. The van der Waals surface area contributed by atoms with Crippen molar-refractivity contribution in [2.45, 2.75) is 25.2 Å². The van der Waals surface area contributed by atoms with Crippen LogP contribution in [-0.2, 0) is 10.0 Å². The van der Waals surface area contributed by atoms with Crippen molar-refractivity contribution in [2.24, 2.45) is 5.92 Å². The molecule has 2 rings (SSSR count). The highest BCUT2D eigenvalue weighted by atomic mass is 35.5. The number of hydrogen-bond acceptors (Lipinski definition) is 3. The summed E-state index contributed by atoms with van der Waals surface area (Å²) in [5, 5.41) is 2.78. The van der Waals surface area contributed by atoms with Gasteiger partial charge in [0.2, 0.25) is 10.0 Å². The quantitative estimate of drug-likeness (QED) is 0.738. The Hall–Kier alpha value is -1.96. The highest BCUT2D eigenvalue weighted by Gasteiger charge is 2.17. The molecular formula is C18H20ClFN2O3S. The van der Waals surface area contributed by atoms with Gasteiger partial charge in [0.25, 0.3) is 5.91 Å². The molecule has 5 nitrogen and oxygen atoms in total. The second-order valence-electron chi connectivity index (χ2n) is 6.19. The first kappa shape index (κ1) is 20.4. The lowest BCUT2D eigenvalue weighted by Gasteiger charge is -2.11.